The quantitative estimate of drug-likeness (QED) is 0.612. The molecule has 0 unspecified atom stereocenters. The summed E-state index contributed by atoms with van der Waals surface area (Å²) in [6.45, 7) is 12.5. The molecule has 1 aliphatic rings. The fourth-order valence-corrected chi connectivity index (χ4v) is 1.91. The van der Waals surface area contributed by atoms with Crippen LogP contribution in [-0.4, -0.2) is 25.7 Å². The maximum absolute atomic E-state index is 3.56. The molecule has 2 N–H and O–H groups in total. The van der Waals surface area contributed by atoms with E-state index in [0.29, 0.717) is 11.5 Å². The molecule has 1 rings (SSSR count). The van der Waals surface area contributed by atoms with Gasteiger partial charge in [0.05, 0.1) is 0 Å². The number of nitrogens with one attached hydrogen (secondary N) is 2. The van der Waals surface area contributed by atoms with Crippen molar-refractivity contribution in [2.24, 2.45) is 11.3 Å². The first-order valence-corrected chi connectivity index (χ1v) is 6.01. The first-order valence-electron chi connectivity index (χ1n) is 6.01. The molecule has 2 nitrogen and oxygen atoms in total. The van der Waals surface area contributed by atoms with Crippen molar-refractivity contribution < 1.29 is 0 Å². The lowest BCUT2D eigenvalue weighted by atomic mass is 9.92. The zero-order valence-electron chi connectivity index (χ0n) is 10.2. The maximum Gasteiger partial charge on any atom is 0.00790 e. The zero-order chi connectivity index (χ0) is 10.6. The Morgan fingerprint density at radius 1 is 1.07 bits per heavy atom. The lowest BCUT2D eigenvalue weighted by Gasteiger charge is -2.20. The molecule has 0 spiro atoms. The van der Waals surface area contributed by atoms with Gasteiger partial charge in [-0.15, -0.1) is 0 Å². The molecule has 84 valence electrons. The van der Waals surface area contributed by atoms with E-state index in [9.17, 15) is 0 Å². The van der Waals surface area contributed by atoms with Gasteiger partial charge in [0.25, 0.3) is 0 Å². The Bertz CT molecular complexity index is 160. The molecule has 14 heavy (non-hydrogen) atoms. The van der Waals surface area contributed by atoms with Gasteiger partial charge in [0.1, 0.15) is 0 Å². The van der Waals surface area contributed by atoms with E-state index in [-0.39, 0.29) is 0 Å². The second-order valence-electron chi connectivity index (χ2n) is 5.30. The number of hydrogen-bond acceptors (Lipinski definition) is 2. The Morgan fingerprint density at radius 2 is 1.71 bits per heavy atom. The molecule has 1 aliphatic carbocycles. The van der Waals surface area contributed by atoms with Crippen molar-refractivity contribution in [3.05, 3.63) is 0 Å². The van der Waals surface area contributed by atoms with Crippen LogP contribution in [0.2, 0.25) is 0 Å². The third-order valence-corrected chi connectivity index (χ3v) is 3.45. The molecule has 0 aromatic rings. The second kappa shape index (κ2) is 5.13. The number of rotatable bonds is 7. The molecule has 1 fully saturated rings. The van der Waals surface area contributed by atoms with Crippen LogP contribution in [0.5, 0.6) is 0 Å². The molecule has 2 heteroatoms. The molecule has 1 saturated carbocycles. The molecule has 0 atom stereocenters. The van der Waals surface area contributed by atoms with Crippen LogP contribution in [0.3, 0.4) is 0 Å². The summed E-state index contributed by atoms with van der Waals surface area (Å²) in [6, 6.07) is 0.608. The molecule has 0 saturated heterocycles. The Hall–Kier alpha value is -0.0800. The van der Waals surface area contributed by atoms with Crippen molar-refractivity contribution in [3.63, 3.8) is 0 Å². The molecular formula is C12H26N2. The summed E-state index contributed by atoms with van der Waals surface area (Å²) in [5.74, 6) is 0.841. The molecule has 0 bridgehead atoms. The highest BCUT2D eigenvalue weighted by atomic mass is 15.0. The minimum atomic E-state index is 0.608. The molecule has 0 aromatic heterocycles. The summed E-state index contributed by atoms with van der Waals surface area (Å²) >= 11 is 0. The molecule has 0 heterocycles. The Morgan fingerprint density at radius 3 is 2.14 bits per heavy atom. The monoisotopic (exact) mass is 198 g/mol. The van der Waals surface area contributed by atoms with Crippen LogP contribution in [-0.2, 0) is 0 Å². The van der Waals surface area contributed by atoms with Crippen LogP contribution in [0.25, 0.3) is 0 Å². The van der Waals surface area contributed by atoms with Crippen LogP contribution >= 0.6 is 0 Å². The van der Waals surface area contributed by atoms with Gasteiger partial charge in [0.15, 0.2) is 0 Å². The van der Waals surface area contributed by atoms with E-state index in [1.807, 2.05) is 0 Å². The van der Waals surface area contributed by atoms with E-state index in [0.717, 1.165) is 19.0 Å². The average molecular weight is 198 g/mol. The van der Waals surface area contributed by atoms with Gasteiger partial charge in [0, 0.05) is 25.7 Å². The van der Waals surface area contributed by atoms with E-state index >= 15 is 0 Å². The van der Waals surface area contributed by atoms with E-state index < -0.39 is 0 Å². The smallest absolute Gasteiger partial charge is 0.00790 e. The van der Waals surface area contributed by atoms with Crippen molar-refractivity contribution in [2.75, 3.05) is 19.6 Å². The largest absolute Gasteiger partial charge is 0.315 e. The Balaban J connectivity index is 1.99. The SMILES string of the molecule is CC(C)NCCNCC1(C(C)C)CC1. The molecule has 0 aromatic carbocycles. The lowest BCUT2D eigenvalue weighted by molar-refractivity contribution is 0.337. The van der Waals surface area contributed by atoms with Crippen LogP contribution in [0.1, 0.15) is 40.5 Å². The molecule has 0 radical (unpaired) electrons. The van der Waals surface area contributed by atoms with Crippen molar-refractivity contribution in [3.8, 4) is 0 Å². The van der Waals surface area contributed by atoms with Gasteiger partial charge < -0.3 is 10.6 Å². The second-order valence-corrected chi connectivity index (χ2v) is 5.30. The van der Waals surface area contributed by atoms with Crippen LogP contribution in [0.4, 0.5) is 0 Å². The van der Waals surface area contributed by atoms with Crippen LogP contribution < -0.4 is 10.6 Å². The van der Waals surface area contributed by atoms with E-state index in [2.05, 4.69) is 38.3 Å². The summed E-state index contributed by atoms with van der Waals surface area (Å²) in [5, 5.41) is 6.98. The van der Waals surface area contributed by atoms with Gasteiger partial charge in [-0.2, -0.15) is 0 Å². The Kier molecular flexibility index (Phi) is 4.39. The highest BCUT2D eigenvalue weighted by molar-refractivity contribution is 4.96. The average Bonchev–Trinajstić information content (AvgIpc) is 2.84. The molecule has 0 aliphatic heterocycles. The van der Waals surface area contributed by atoms with Crippen molar-refractivity contribution in [1.29, 1.82) is 0 Å². The highest BCUT2D eigenvalue weighted by Crippen LogP contribution is 2.51. The van der Waals surface area contributed by atoms with Crippen LogP contribution in [0.15, 0.2) is 0 Å². The summed E-state index contributed by atoms with van der Waals surface area (Å²) in [4.78, 5) is 0. The Labute approximate surface area is 88.8 Å². The first kappa shape index (κ1) is 12.0. The molecule has 0 amide bonds. The van der Waals surface area contributed by atoms with Gasteiger partial charge in [-0.25, -0.2) is 0 Å². The predicted octanol–water partition coefficient (Wildman–Crippen LogP) is 2.01. The third kappa shape index (κ3) is 3.58. The van der Waals surface area contributed by atoms with Gasteiger partial charge in [0.2, 0.25) is 0 Å². The normalized spacial score (nSPS) is 19.3. The van der Waals surface area contributed by atoms with Crippen molar-refractivity contribution in [2.45, 2.75) is 46.6 Å². The minimum absolute atomic E-state index is 0.608. The van der Waals surface area contributed by atoms with E-state index in [1.165, 1.54) is 19.4 Å². The fourth-order valence-electron chi connectivity index (χ4n) is 1.91. The fraction of sp³-hybridized carbons (Fsp3) is 1.00. The van der Waals surface area contributed by atoms with Gasteiger partial charge in [-0.05, 0) is 24.2 Å². The highest BCUT2D eigenvalue weighted by Gasteiger charge is 2.44. The zero-order valence-corrected chi connectivity index (χ0v) is 10.2. The standard InChI is InChI=1S/C12H26N2/c1-10(2)12(5-6-12)9-13-7-8-14-11(3)4/h10-11,13-14H,5-9H2,1-4H3. The summed E-state index contributed by atoms with van der Waals surface area (Å²) in [7, 11) is 0. The first-order chi connectivity index (χ1) is 6.57. The predicted molar refractivity (Wildman–Crippen MR) is 62.5 cm³/mol. The lowest BCUT2D eigenvalue weighted by Crippen LogP contribution is -2.35. The van der Waals surface area contributed by atoms with Crippen molar-refractivity contribution >= 4 is 0 Å². The summed E-state index contributed by atoms with van der Waals surface area (Å²) in [6.07, 6.45) is 2.85. The summed E-state index contributed by atoms with van der Waals surface area (Å²) < 4.78 is 0. The van der Waals surface area contributed by atoms with Gasteiger partial charge in [-0.3, -0.25) is 0 Å². The van der Waals surface area contributed by atoms with E-state index in [1.54, 1.807) is 0 Å². The van der Waals surface area contributed by atoms with Crippen LogP contribution in [0, 0.1) is 11.3 Å². The molecular weight excluding hydrogens is 172 g/mol. The van der Waals surface area contributed by atoms with E-state index in [4.69, 9.17) is 0 Å². The number of hydrogen-bond donors (Lipinski definition) is 2. The van der Waals surface area contributed by atoms with Gasteiger partial charge >= 0.3 is 0 Å². The van der Waals surface area contributed by atoms with Crippen molar-refractivity contribution in [1.82, 2.24) is 10.6 Å². The maximum atomic E-state index is 3.56. The summed E-state index contributed by atoms with van der Waals surface area (Å²) in [5.41, 5.74) is 0.651. The topological polar surface area (TPSA) is 24.1 Å². The minimum Gasteiger partial charge on any atom is -0.315 e. The van der Waals surface area contributed by atoms with Gasteiger partial charge in [-0.1, -0.05) is 27.7 Å². The third-order valence-electron chi connectivity index (χ3n) is 3.45.